The summed E-state index contributed by atoms with van der Waals surface area (Å²) in [5, 5.41) is 8.51. The Morgan fingerprint density at radius 3 is 2.42 bits per heavy atom. The van der Waals surface area contributed by atoms with E-state index in [0.717, 1.165) is 5.56 Å². The molecule has 0 bridgehead atoms. The average Bonchev–Trinajstić information content (AvgIpc) is 2.37. The molecule has 0 spiro atoms. The summed E-state index contributed by atoms with van der Waals surface area (Å²) in [6.07, 6.45) is 1.42. The number of hydrogen-bond donors (Lipinski definition) is 1. The van der Waals surface area contributed by atoms with Gasteiger partial charge in [0.1, 0.15) is 5.82 Å². The molecule has 0 unspecified atom stereocenters. The van der Waals surface area contributed by atoms with E-state index < -0.39 is 5.97 Å². The molecule has 0 aromatic heterocycles. The molecule has 0 aliphatic carbocycles. The van der Waals surface area contributed by atoms with Gasteiger partial charge in [0, 0.05) is 26.4 Å². The van der Waals surface area contributed by atoms with Crippen molar-refractivity contribution in [3.05, 3.63) is 35.6 Å². The number of carbonyl (C=O) groups is 2. The highest BCUT2D eigenvalue weighted by Crippen LogP contribution is 2.07. The number of halogens is 1. The fourth-order valence-electron chi connectivity index (χ4n) is 1.69. The van der Waals surface area contributed by atoms with Crippen molar-refractivity contribution in [2.45, 2.75) is 25.7 Å². The van der Waals surface area contributed by atoms with Crippen molar-refractivity contribution in [2.24, 2.45) is 0 Å². The summed E-state index contributed by atoms with van der Waals surface area (Å²) in [6, 6.07) is 6.06. The molecule has 0 atom stereocenters. The molecular weight excluding hydrogens is 249 g/mol. The molecule has 4 nitrogen and oxygen atoms in total. The van der Waals surface area contributed by atoms with Crippen LogP contribution in [0, 0.1) is 5.82 Å². The predicted molar refractivity (Wildman–Crippen MR) is 69.2 cm³/mol. The van der Waals surface area contributed by atoms with Crippen LogP contribution in [-0.2, 0) is 16.0 Å². The van der Waals surface area contributed by atoms with Crippen LogP contribution in [0.25, 0.3) is 0 Å². The van der Waals surface area contributed by atoms with E-state index in [0.29, 0.717) is 25.8 Å². The maximum atomic E-state index is 12.7. The zero-order chi connectivity index (χ0) is 14.3. The lowest BCUT2D eigenvalue weighted by Crippen LogP contribution is -2.28. The highest BCUT2D eigenvalue weighted by molar-refractivity contribution is 5.76. The second-order valence-corrected chi connectivity index (χ2v) is 4.44. The van der Waals surface area contributed by atoms with Gasteiger partial charge >= 0.3 is 5.97 Å². The van der Waals surface area contributed by atoms with E-state index in [1.165, 1.54) is 17.0 Å². The Labute approximate surface area is 111 Å². The first kappa shape index (κ1) is 15.1. The molecule has 1 rings (SSSR count). The molecule has 1 amide bonds. The first-order chi connectivity index (χ1) is 8.99. The van der Waals surface area contributed by atoms with Crippen LogP contribution in [0.5, 0.6) is 0 Å². The van der Waals surface area contributed by atoms with E-state index in [2.05, 4.69) is 0 Å². The Kier molecular flexibility index (Phi) is 5.99. The molecule has 1 N–H and O–H groups in total. The largest absolute Gasteiger partial charge is 0.481 e. The van der Waals surface area contributed by atoms with Gasteiger partial charge in [0.2, 0.25) is 5.91 Å². The molecule has 0 fully saturated rings. The molecule has 0 aliphatic heterocycles. The molecule has 19 heavy (non-hydrogen) atoms. The summed E-state index contributed by atoms with van der Waals surface area (Å²) in [4.78, 5) is 23.7. The molecule has 0 radical (unpaired) electrons. The van der Waals surface area contributed by atoms with Crippen molar-refractivity contribution in [2.75, 3.05) is 13.6 Å². The fourth-order valence-corrected chi connectivity index (χ4v) is 1.69. The first-order valence-corrected chi connectivity index (χ1v) is 6.19. The molecule has 5 heteroatoms. The summed E-state index contributed by atoms with van der Waals surface area (Å²) in [5.41, 5.74) is 0.911. The molecule has 0 aliphatic rings. The van der Waals surface area contributed by atoms with Crippen LogP contribution in [0.1, 0.15) is 24.8 Å². The van der Waals surface area contributed by atoms with E-state index in [1.807, 2.05) is 0 Å². The van der Waals surface area contributed by atoms with Gasteiger partial charge in [0.25, 0.3) is 0 Å². The van der Waals surface area contributed by atoms with Gasteiger partial charge in [0.05, 0.1) is 0 Å². The quantitative estimate of drug-likeness (QED) is 0.823. The lowest BCUT2D eigenvalue weighted by atomic mass is 10.1. The molecule has 1 aromatic carbocycles. The van der Waals surface area contributed by atoms with Crippen LogP contribution in [0.15, 0.2) is 24.3 Å². The smallest absolute Gasteiger partial charge is 0.303 e. The Morgan fingerprint density at radius 1 is 1.21 bits per heavy atom. The van der Waals surface area contributed by atoms with Crippen LogP contribution >= 0.6 is 0 Å². The van der Waals surface area contributed by atoms with Gasteiger partial charge in [-0.15, -0.1) is 0 Å². The van der Waals surface area contributed by atoms with Gasteiger partial charge in [-0.25, -0.2) is 4.39 Å². The maximum Gasteiger partial charge on any atom is 0.303 e. The number of hydrogen-bond acceptors (Lipinski definition) is 2. The summed E-state index contributed by atoms with van der Waals surface area (Å²) < 4.78 is 12.7. The van der Waals surface area contributed by atoms with Crippen LogP contribution in [0.4, 0.5) is 4.39 Å². The number of nitrogens with zero attached hydrogens (tertiary/aromatic N) is 1. The van der Waals surface area contributed by atoms with E-state index >= 15 is 0 Å². The SMILES string of the molecule is CN(CCCC(=O)O)C(=O)CCc1ccc(F)cc1. The topological polar surface area (TPSA) is 57.6 Å². The summed E-state index contributed by atoms with van der Waals surface area (Å²) in [6.45, 7) is 0.439. The zero-order valence-corrected chi connectivity index (χ0v) is 10.9. The lowest BCUT2D eigenvalue weighted by Gasteiger charge is -2.16. The van der Waals surface area contributed by atoms with Crippen molar-refractivity contribution in [3.8, 4) is 0 Å². The first-order valence-electron chi connectivity index (χ1n) is 6.19. The summed E-state index contributed by atoms with van der Waals surface area (Å²) in [7, 11) is 1.66. The third-order valence-electron chi connectivity index (χ3n) is 2.85. The number of rotatable bonds is 7. The highest BCUT2D eigenvalue weighted by atomic mass is 19.1. The number of aliphatic carboxylic acids is 1. The Bertz CT molecular complexity index is 431. The molecule has 0 heterocycles. The van der Waals surface area contributed by atoms with Crippen LogP contribution in [-0.4, -0.2) is 35.5 Å². The number of carboxylic acids is 1. The minimum Gasteiger partial charge on any atom is -0.481 e. The zero-order valence-electron chi connectivity index (χ0n) is 10.9. The third kappa shape index (κ3) is 5.99. The van der Waals surface area contributed by atoms with E-state index in [4.69, 9.17) is 5.11 Å². The molecule has 0 saturated carbocycles. The van der Waals surface area contributed by atoms with Crippen molar-refractivity contribution in [1.29, 1.82) is 0 Å². The van der Waals surface area contributed by atoms with Gasteiger partial charge in [-0.05, 0) is 30.5 Å². The minimum atomic E-state index is -0.854. The normalized spacial score (nSPS) is 10.2. The van der Waals surface area contributed by atoms with Gasteiger partial charge in [0.15, 0.2) is 0 Å². The van der Waals surface area contributed by atoms with Crippen molar-refractivity contribution in [3.63, 3.8) is 0 Å². The number of aryl methyl sites for hydroxylation is 1. The minimum absolute atomic E-state index is 0.0327. The molecule has 104 valence electrons. The van der Waals surface area contributed by atoms with Gasteiger partial charge in [-0.2, -0.15) is 0 Å². The fraction of sp³-hybridized carbons (Fsp3) is 0.429. The molecule has 1 aromatic rings. The standard InChI is InChI=1S/C14H18FNO3/c1-16(10-2-3-14(18)19)13(17)9-6-11-4-7-12(15)8-5-11/h4-5,7-8H,2-3,6,9-10H2,1H3,(H,18,19). The Balaban J connectivity index is 2.30. The van der Waals surface area contributed by atoms with Crippen LogP contribution in [0.2, 0.25) is 0 Å². The highest BCUT2D eigenvalue weighted by Gasteiger charge is 2.09. The number of benzene rings is 1. The van der Waals surface area contributed by atoms with Crippen LogP contribution < -0.4 is 0 Å². The Hall–Kier alpha value is -1.91. The number of amides is 1. The maximum absolute atomic E-state index is 12.7. The van der Waals surface area contributed by atoms with Crippen molar-refractivity contribution >= 4 is 11.9 Å². The second kappa shape index (κ2) is 7.51. The second-order valence-electron chi connectivity index (χ2n) is 4.44. The third-order valence-corrected chi connectivity index (χ3v) is 2.85. The summed E-state index contributed by atoms with van der Waals surface area (Å²) in [5.74, 6) is -1.18. The molecule has 0 saturated heterocycles. The molecular formula is C14H18FNO3. The Morgan fingerprint density at radius 2 is 1.84 bits per heavy atom. The van der Waals surface area contributed by atoms with Crippen molar-refractivity contribution < 1.29 is 19.1 Å². The number of carbonyl (C=O) groups excluding carboxylic acids is 1. The van der Waals surface area contributed by atoms with Crippen molar-refractivity contribution in [1.82, 2.24) is 4.90 Å². The van der Waals surface area contributed by atoms with Crippen LogP contribution in [0.3, 0.4) is 0 Å². The summed E-state index contributed by atoms with van der Waals surface area (Å²) >= 11 is 0. The monoisotopic (exact) mass is 267 g/mol. The van der Waals surface area contributed by atoms with E-state index in [1.54, 1.807) is 19.2 Å². The van der Waals surface area contributed by atoms with Gasteiger partial charge in [-0.3, -0.25) is 9.59 Å². The van der Waals surface area contributed by atoms with Gasteiger partial charge in [-0.1, -0.05) is 12.1 Å². The van der Waals surface area contributed by atoms with E-state index in [-0.39, 0.29) is 18.1 Å². The van der Waals surface area contributed by atoms with E-state index in [9.17, 15) is 14.0 Å². The average molecular weight is 267 g/mol. The predicted octanol–water partition coefficient (Wildman–Crippen LogP) is 2.08. The van der Waals surface area contributed by atoms with Gasteiger partial charge < -0.3 is 10.0 Å². The lowest BCUT2D eigenvalue weighted by molar-refractivity contribution is -0.138. The number of carboxylic acid groups (broad SMARTS) is 1.